The Labute approximate surface area is 180 Å². The lowest BCUT2D eigenvalue weighted by Gasteiger charge is -2.17. The number of aliphatic hydroxyl groups is 1. The number of aliphatic hydroxyl groups excluding tert-OH is 1. The molecule has 0 atom stereocenters. The van der Waals surface area contributed by atoms with Gasteiger partial charge in [0.25, 0.3) is 5.91 Å². The molecule has 0 fully saturated rings. The SMILES string of the molecule is C=C(Nc1ccc(C)cc1CC(C)C)/C(N=C(C)C(=O)NCCCO)=C(/C)N=CC. The molecule has 0 aromatic heterocycles. The van der Waals surface area contributed by atoms with Crippen LogP contribution in [0.1, 0.15) is 52.2 Å². The molecule has 6 heteroatoms. The first-order valence-corrected chi connectivity index (χ1v) is 10.4. The lowest BCUT2D eigenvalue weighted by Crippen LogP contribution is -2.30. The molecule has 3 N–H and O–H groups in total. The number of anilines is 1. The van der Waals surface area contributed by atoms with Crippen molar-refractivity contribution in [2.75, 3.05) is 18.5 Å². The number of hydrogen-bond donors (Lipinski definition) is 3. The van der Waals surface area contributed by atoms with E-state index in [1.54, 1.807) is 13.1 Å². The minimum absolute atomic E-state index is 0.0297. The normalized spacial score (nSPS) is 12.9. The first-order valence-electron chi connectivity index (χ1n) is 10.4. The molecule has 0 bridgehead atoms. The number of rotatable bonds is 11. The van der Waals surface area contributed by atoms with Crippen molar-refractivity contribution < 1.29 is 9.90 Å². The second-order valence-electron chi connectivity index (χ2n) is 7.71. The predicted octanol–water partition coefficient (Wildman–Crippen LogP) is 4.40. The van der Waals surface area contributed by atoms with E-state index < -0.39 is 0 Å². The van der Waals surface area contributed by atoms with Crippen molar-refractivity contribution in [3.05, 3.63) is 53.0 Å². The molecule has 0 aliphatic rings. The molecule has 0 unspecified atom stereocenters. The number of aryl methyl sites for hydroxylation is 1. The lowest BCUT2D eigenvalue weighted by atomic mass is 9.99. The van der Waals surface area contributed by atoms with Gasteiger partial charge in [-0.1, -0.05) is 38.1 Å². The number of amides is 1. The predicted molar refractivity (Wildman–Crippen MR) is 127 cm³/mol. The molecule has 1 aromatic carbocycles. The third-order valence-electron chi connectivity index (χ3n) is 4.35. The number of hydrogen-bond acceptors (Lipinski definition) is 5. The average Bonchev–Trinajstić information content (AvgIpc) is 2.67. The van der Waals surface area contributed by atoms with E-state index in [0.29, 0.717) is 41.7 Å². The average molecular weight is 413 g/mol. The fourth-order valence-corrected chi connectivity index (χ4v) is 2.92. The molecule has 1 rings (SSSR count). The van der Waals surface area contributed by atoms with Crippen LogP contribution in [-0.4, -0.2) is 36.1 Å². The summed E-state index contributed by atoms with van der Waals surface area (Å²) in [4.78, 5) is 21.2. The Bertz CT molecular complexity index is 836. The molecule has 0 radical (unpaired) electrons. The third kappa shape index (κ3) is 8.33. The Hall–Kier alpha value is -2.73. The minimum Gasteiger partial charge on any atom is -0.396 e. The summed E-state index contributed by atoms with van der Waals surface area (Å²) in [5.41, 5.74) is 5.47. The maximum atomic E-state index is 12.3. The first kappa shape index (κ1) is 25.3. The number of allylic oxidation sites excluding steroid dienone is 1. The molecule has 0 heterocycles. The summed E-state index contributed by atoms with van der Waals surface area (Å²) in [5.74, 6) is 0.239. The summed E-state index contributed by atoms with van der Waals surface area (Å²) >= 11 is 0. The molecule has 0 aliphatic heterocycles. The van der Waals surface area contributed by atoms with E-state index in [1.807, 2.05) is 19.9 Å². The quantitative estimate of drug-likeness (QED) is 0.286. The highest BCUT2D eigenvalue weighted by Gasteiger charge is 2.13. The van der Waals surface area contributed by atoms with Crippen LogP contribution in [0.15, 0.2) is 51.9 Å². The lowest BCUT2D eigenvalue weighted by molar-refractivity contribution is -0.114. The van der Waals surface area contributed by atoms with Crippen molar-refractivity contribution in [3.63, 3.8) is 0 Å². The van der Waals surface area contributed by atoms with Crippen molar-refractivity contribution in [2.24, 2.45) is 15.9 Å². The topological polar surface area (TPSA) is 86.1 Å². The number of nitrogens with one attached hydrogen (secondary N) is 2. The Morgan fingerprint density at radius 2 is 2.00 bits per heavy atom. The standard InChI is InChI=1S/C24H36N4O2/c1-8-25-18(5)23(28-20(7)24(30)26-12-9-13-29)19(6)27-22-11-10-17(4)15-21(22)14-16(2)3/h8,10-11,15-16,27,29H,6,9,12-14H2,1-5,7H3,(H,26,30)/b23-18+,25-8?,28-20?. The molecule has 0 saturated carbocycles. The molecule has 6 nitrogen and oxygen atoms in total. The molecule has 164 valence electrons. The smallest absolute Gasteiger partial charge is 0.265 e. The number of carbonyl (C=O) groups is 1. The van der Waals surface area contributed by atoms with Gasteiger partial charge in [-0.2, -0.15) is 0 Å². The van der Waals surface area contributed by atoms with Crippen LogP contribution in [0, 0.1) is 12.8 Å². The Kier molecular flexibility index (Phi) is 10.8. The van der Waals surface area contributed by atoms with Crippen LogP contribution < -0.4 is 10.6 Å². The van der Waals surface area contributed by atoms with E-state index in [2.05, 4.69) is 60.1 Å². The van der Waals surface area contributed by atoms with Gasteiger partial charge in [0.15, 0.2) is 0 Å². The van der Waals surface area contributed by atoms with Gasteiger partial charge in [-0.05, 0) is 58.1 Å². The molecule has 1 amide bonds. The van der Waals surface area contributed by atoms with Crippen LogP contribution in [0.2, 0.25) is 0 Å². The minimum atomic E-state index is -0.280. The Balaban J connectivity index is 3.20. The summed E-state index contributed by atoms with van der Waals surface area (Å²) in [6, 6.07) is 6.29. The van der Waals surface area contributed by atoms with Crippen molar-refractivity contribution >= 4 is 23.5 Å². The fourth-order valence-electron chi connectivity index (χ4n) is 2.92. The fraction of sp³-hybridized carbons (Fsp3) is 0.458. The highest BCUT2D eigenvalue weighted by Crippen LogP contribution is 2.25. The zero-order valence-corrected chi connectivity index (χ0v) is 19.2. The van der Waals surface area contributed by atoms with Gasteiger partial charge in [-0.3, -0.25) is 9.79 Å². The van der Waals surface area contributed by atoms with Crippen molar-refractivity contribution in [3.8, 4) is 0 Å². The van der Waals surface area contributed by atoms with Gasteiger partial charge in [0.2, 0.25) is 0 Å². The van der Waals surface area contributed by atoms with E-state index in [-0.39, 0.29) is 12.5 Å². The molecule has 0 spiro atoms. The maximum absolute atomic E-state index is 12.3. The van der Waals surface area contributed by atoms with Crippen LogP contribution in [-0.2, 0) is 11.2 Å². The third-order valence-corrected chi connectivity index (χ3v) is 4.35. The van der Waals surface area contributed by atoms with Crippen molar-refractivity contribution in [1.29, 1.82) is 0 Å². The first-order chi connectivity index (χ1) is 14.2. The molecular formula is C24H36N4O2. The van der Waals surface area contributed by atoms with Crippen LogP contribution in [0.4, 0.5) is 5.69 Å². The number of carbonyl (C=O) groups excluding carboxylic acids is 1. The summed E-state index contributed by atoms with van der Waals surface area (Å²) in [7, 11) is 0. The molecule has 0 aliphatic carbocycles. The van der Waals surface area contributed by atoms with Crippen LogP contribution in [0.25, 0.3) is 0 Å². The van der Waals surface area contributed by atoms with Crippen molar-refractivity contribution in [2.45, 2.75) is 54.4 Å². The van der Waals surface area contributed by atoms with Crippen LogP contribution in [0.3, 0.4) is 0 Å². The molecule has 1 aromatic rings. The monoisotopic (exact) mass is 412 g/mol. The number of nitrogens with zero attached hydrogens (tertiary/aromatic N) is 2. The maximum Gasteiger partial charge on any atom is 0.265 e. The van der Waals surface area contributed by atoms with Crippen LogP contribution >= 0.6 is 0 Å². The Morgan fingerprint density at radius 3 is 2.60 bits per heavy atom. The summed E-state index contributed by atoms with van der Waals surface area (Å²) in [6.45, 7) is 16.4. The van der Waals surface area contributed by atoms with Crippen LogP contribution in [0.5, 0.6) is 0 Å². The zero-order chi connectivity index (χ0) is 22.7. The van der Waals surface area contributed by atoms with Gasteiger partial charge in [-0.15, -0.1) is 0 Å². The largest absolute Gasteiger partial charge is 0.396 e. The molecular weight excluding hydrogens is 376 g/mol. The summed E-state index contributed by atoms with van der Waals surface area (Å²) in [5, 5.41) is 15.0. The highest BCUT2D eigenvalue weighted by atomic mass is 16.3. The van der Waals surface area contributed by atoms with Crippen molar-refractivity contribution in [1.82, 2.24) is 5.32 Å². The highest BCUT2D eigenvalue weighted by molar-refractivity contribution is 6.38. The Morgan fingerprint density at radius 1 is 1.30 bits per heavy atom. The van der Waals surface area contributed by atoms with E-state index in [0.717, 1.165) is 12.1 Å². The van der Waals surface area contributed by atoms with Gasteiger partial charge in [-0.25, -0.2) is 4.99 Å². The summed E-state index contributed by atoms with van der Waals surface area (Å²) in [6.07, 6.45) is 3.13. The summed E-state index contributed by atoms with van der Waals surface area (Å²) < 4.78 is 0. The number of aliphatic imine (C=N–C) groups is 2. The second-order valence-corrected chi connectivity index (χ2v) is 7.71. The van der Waals surface area contributed by atoms with Gasteiger partial charge >= 0.3 is 0 Å². The number of benzene rings is 1. The molecule has 0 saturated heterocycles. The van der Waals surface area contributed by atoms with E-state index in [9.17, 15) is 4.79 Å². The molecule has 30 heavy (non-hydrogen) atoms. The zero-order valence-electron chi connectivity index (χ0n) is 19.2. The van der Waals surface area contributed by atoms with Gasteiger partial charge in [0, 0.05) is 25.1 Å². The second kappa shape index (κ2) is 12.8. The van der Waals surface area contributed by atoms with Gasteiger partial charge in [0.05, 0.1) is 11.4 Å². The van der Waals surface area contributed by atoms with E-state index >= 15 is 0 Å². The van der Waals surface area contributed by atoms with E-state index in [4.69, 9.17) is 5.11 Å². The van der Waals surface area contributed by atoms with Gasteiger partial charge in [0.1, 0.15) is 11.4 Å². The van der Waals surface area contributed by atoms with E-state index in [1.165, 1.54) is 11.1 Å². The van der Waals surface area contributed by atoms with Gasteiger partial charge < -0.3 is 15.7 Å².